The van der Waals surface area contributed by atoms with E-state index in [0.717, 1.165) is 29.0 Å². The van der Waals surface area contributed by atoms with E-state index in [2.05, 4.69) is 4.37 Å². The van der Waals surface area contributed by atoms with E-state index in [1.165, 1.54) is 19.2 Å². The molecule has 0 aliphatic rings. The third-order valence-corrected chi connectivity index (χ3v) is 6.58. The third kappa shape index (κ3) is 4.71. The van der Waals surface area contributed by atoms with E-state index < -0.39 is 38.7 Å². The lowest BCUT2D eigenvalue weighted by atomic mass is 10.2. The molecule has 1 aromatic carbocycles. The van der Waals surface area contributed by atoms with Crippen molar-refractivity contribution in [1.82, 2.24) is 18.2 Å². The van der Waals surface area contributed by atoms with E-state index in [9.17, 15) is 31.2 Å². The van der Waals surface area contributed by atoms with Crippen molar-refractivity contribution in [2.45, 2.75) is 19.7 Å². The largest absolute Gasteiger partial charge is 0.431 e. The molecule has 0 unspecified atom stereocenters. The Morgan fingerprint density at radius 1 is 1.29 bits per heavy atom. The summed E-state index contributed by atoms with van der Waals surface area (Å²) in [6.45, 7) is 0.717. The molecule has 0 spiro atoms. The lowest BCUT2D eigenvalue weighted by Crippen LogP contribution is -2.38. The van der Waals surface area contributed by atoms with E-state index in [1.54, 1.807) is 11.1 Å². The highest BCUT2D eigenvalue weighted by Gasteiger charge is 2.35. The fourth-order valence-electron chi connectivity index (χ4n) is 2.73. The van der Waals surface area contributed by atoms with Gasteiger partial charge in [-0.1, -0.05) is 0 Å². The van der Waals surface area contributed by atoms with Crippen LogP contribution in [0.15, 0.2) is 27.8 Å². The summed E-state index contributed by atoms with van der Waals surface area (Å²) in [4.78, 5) is 26.5. The van der Waals surface area contributed by atoms with Crippen molar-refractivity contribution in [1.29, 1.82) is 0 Å². The van der Waals surface area contributed by atoms with Crippen LogP contribution in [0.4, 0.5) is 13.2 Å². The first-order chi connectivity index (χ1) is 14.3. The van der Waals surface area contributed by atoms with E-state index in [4.69, 9.17) is 4.74 Å². The van der Waals surface area contributed by atoms with E-state index in [-0.39, 0.29) is 19.0 Å². The van der Waals surface area contributed by atoms with Crippen molar-refractivity contribution in [3.63, 3.8) is 0 Å². The molecule has 3 aromatic rings. The van der Waals surface area contributed by atoms with Crippen LogP contribution in [0.5, 0.6) is 0 Å². The number of aromatic nitrogens is 3. The SMILES string of the molecule is Cc1c(C(F)(F)F)[nH]c(=O)n(-c2ccc3snc(COCN(C)S(C)(=O)=O)c3c2)c1=O. The highest BCUT2D eigenvalue weighted by Crippen LogP contribution is 2.29. The number of alkyl halides is 3. The molecule has 168 valence electrons. The van der Waals surface area contributed by atoms with E-state index in [0.29, 0.717) is 20.3 Å². The van der Waals surface area contributed by atoms with Gasteiger partial charge in [-0.2, -0.15) is 21.9 Å². The summed E-state index contributed by atoms with van der Waals surface area (Å²) in [5.74, 6) is 0. The molecule has 0 saturated heterocycles. The fraction of sp³-hybridized carbons (Fsp3) is 0.353. The van der Waals surface area contributed by atoms with Gasteiger partial charge in [0.25, 0.3) is 5.56 Å². The minimum atomic E-state index is -4.87. The van der Waals surface area contributed by atoms with Gasteiger partial charge in [0.05, 0.1) is 28.9 Å². The number of nitrogens with one attached hydrogen (secondary N) is 1. The van der Waals surface area contributed by atoms with Crippen LogP contribution in [0, 0.1) is 6.92 Å². The van der Waals surface area contributed by atoms with Gasteiger partial charge >= 0.3 is 11.9 Å². The summed E-state index contributed by atoms with van der Waals surface area (Å²) in [5, 5.41) is 0.522. The van der Waals surface area contributed by atoms with Gasteiger partial charge in [-0.25, -0.2) is 17.8 Å². The van der Waals surface area contributed by atoms with E-state index >= 15 is 0 Å². The number of hydrogen-bond donors (Lipinski definition) is 1. The van der Waals surface area contributed by atoms with Gasteiger partial charge in [0.1, 0.15) is 12.4 Å². The Labute approximate surface area is 177 Å². The quantitative estimate of drug-likeness (QED) is 0.541. The molecule has 0 aliphatic carbocycles. The summed E-state index contributed by atoms with van der Waals surface area (Å²) >= 11 is 1.12. The number of hydrogen-bond acceptors (Lipinski definition) is 7. The molecule has 0 bridgehead atoms. The number of sulfonamides is 1. The molecule has 2 heterocycles. The van der Waals surface area contributed by atoms with Crippen molar-refractivity contribution in [2.24, 2.45) is 0 Å². The maximum absolute atomic E-state index is 13.0. The number of nitrogens with zero attached hydrogens (tertiary/aromatic N) is 3. The first-order valence-electron chi connectivity index (χ1n) is 8.61. The van der Waals surface area contributed by atoms with Crippen molar-refractivity contribution < 1.29 is 26.3 Å². The van der Waals surface area contributed by atoms with E-state index in [1.807, 2.05) is 0 Å². The maximum atomic E-state index is 13.0. The summed E-state index contributed by atoms with van der Waals surface area (Å²) in [7, 11) is -2.08. The predicted octanol–water partition coefficient (Wildman–Crippen LogP) is 1.83. The molecule has 0 fully saturated rings. The Hall–Kier alpha value is -2.55. The van der Waals surface area contributed by atoms with Gasteiger partial charge in [-0.05, 0) is 36.7 Å². The van der Waals surface area contributed by atoms with Crippen LogP contribution in [0.25, 0.3) is 15.8 Å². The monoisotopic (exact) mass is 478 g/mol. The number of H-pyrrole nitrogens is 1. The van der Waals surface area contributed by atoms with Crippen LogP contribution in [0.2, 0.25) is 0 Å². The van der Waals surface area contributed by atoms with Crippen LogP contribution in [0.1, 0.15) is 17.0 Å². The zero-order valence-electron chi connectivity index (χ0n) is 16.5. The van der Waals surface area contributed by atoms with Gasteiger partial charge in [0, 0.05) is 18.0 Å². The van der Waals surface area contributed by atoms with Crippen LogP contribution >= 0.6 is 11.5 Å². The number of aromatic amines is 1. The molecule has 1 N–H and O–H groups in total. The Bertz CT molecular complexity index is 1360. The van der Waals surface area contributed by atoms with Gasteiger partial charge in [-0.3, -0.25) is 4.79 Å². The molecular formula is C17H17F3N4O5S2. The Morgan fingerprint density at radius 2 is 1.97 bits per heavy atom. The maximum Gasteiger partial charge on any atom is 0.431 e. The molecule has 0 aliphatic heterocycles. The summed E-state index contributed by atoms with van der Waals surface area (Å²) in [5.41, 5.74) is -3.85. The van der Waals surface area contributed by atoms with Crippen LogP contribution in [0.3, 0.4) is 0 Å². The van der Waals surface area contributed by atoms with Crippen LogP contribution in [-0.2, 0) is 27.5 Å². The Morgan fingerprint density at radius 3 is 2.58 bits per heavy atom. The zero-order valence-corrected chi connectivity index (χ0v) is 18.1. The second-order valence-electron chi connectivity index (χ2n) is 6.72. The van der Waals surface area contributed by atoms with Crippen molar-refractivity contribution in [3.8, 4) is 5.69 Å². The van der Waals surface area contributed by atoms with Gasteiger partial charge in [-0.15, -0.1) is 0 Å². The number of halogens is 3. The topological polar surface area (TPSA) is 114 Å². The molecule has 0 amide bonds. The summed E-state index contributed by atoms with van der Waals surface area (Å²) in [6, 6.07) is 4.44. The molecule has 0 saturated carbocycles. The molecule has 0 atom stereocenters. The Balaban J connectivity index is 1.99. The molecule has 0 radical (unpaired) electrons. The fourth-order valence-corrected chi connectivity index (χ4v) is 3.76. The molecule has 9 nitrogen and oxygen atoms in total. The smallest absolute Gasteiger partial charge is 0.359 e. The standard InChI is InChI=1S/C17H17F3N4O5S2/c1-9-14(17(18,19)20)21-16(26)24(15(9)25)10-4-5-13-11(6-10)12(22-30-13)7-29-8-23(2)31(3,27)28/h4-6H,7-8H2,1-3H3,(H,21,26). The first-order valence-corrected chi connectivity index (χ1v) is 11.2. The second kappa shape index (κ2) is 8.18. The highest BCUT2D eigenvalue weighted by molar-refractivity contribution is 7.88. The number of benzene rings is 1. The van der Waals surface area contributed by atoms with Gasteiger partial charge < -0.3 is 9.72 Å². The Kier molecular flexibility index (Phi) is 6.10. The van der Waals surface area contributed by atoms with Gasteiger partial charge in [0.2, 0.25) is 10.0 Å². The highest BCUT2D eigenvalue weighted by atomic mass is 32.2. The van der Waals surface area contributed by atoms with Crippen LogP contribution in [-0.4, -0.2) is 46.7 Å². The molecule has 31 heavy (non-hydrogen) atoms. The normalized spacial score (nSPS) is 12.7. The molecule has 3 rings (SSSR count). The second-order valence-corrected chi connectivity index (χ2v) is 9.61. The summed E-state index contributed by atoms with van der Waals surface area (Å²) in [6.07, 6.45) is -3.84. The lowest BCUT2D eigenvalue weighted by Gasteiger charge is -2.13. The molecule has 14 heteroatoms. The predicted molar refractivity (Wildman–Crippen MR) is 108 cm³/mol. The lowest BCUT2D eigenvalue weighted by molar-refractivity contribution is -0.142. The zero-order chi connectivity index (χ0) is 23.1. The number of rotatable bonds is 6. The average Bonchev–Trinajstić information content (AvgIpc) is 3.05. The molecular weight excluding hydrogens is 461 g/mol. The molecule has 2 aromatic heterocycles. The number of fused-ring (bicyclic) bond motifs is 1. The first kappa shape index (κ1) is 23.1. The number of ether oxygens (including phenoxy) is 1. The third-order valence-electron chi connectivity index (χ3n) is 4.48. The minimum Gasteiger partial charge on any atom is -0.359 e. The van der Waals surface area contributed by atoms with Crippen LogP contribution < -0.4 is 11.2 Å². The average molecular weight is 478 g/mol. The van der Waals surface area contributed by atoms with Crippen molar-refractivity contribution in [3.05, 3.63) is 56.0 Å². The summed E-state index contributed by atoms with van der Waals surface area (Å²) < 4.78 is 73.8. The van der Waals surface area contributed by atoms with Crippen molar-refractivity contribution in [2.75, 3.05) is 20.0 Å². The van der Waals surface area contributed by atoms with Gasteiger partial charge in [0.15, 0.2) is 0 Å². The minimum absolute atomic E-state index is 0.0550. The van der Waals surface area contributed by atoms with Crippen molar-refractivity contribution >= 4 is 31.6 Å².